The van der Waals surface area contributed by atoms with Crippen molar-refractivity contribution < 1.29 is 4.79 Å². The molecule has 3 fully saturated rings. The second kappa shape index (κ2) is 3.70. The number of nitrogens with one attached hydrogen (secondary N) is 1. The number of carbonyl (C=O) groups is 1. The van der Waals surface area contributed by atoms with Crippen LogP contribution < -0.4 is 5.32 Å². The molecular formula is C12H21N3O. The SMILES string of the molecule is CC1C2CNCC2CN1C1CCN(C)C1=O. The third kappa shape index (κ3) is 1.39. The van der Waals surface area contributed by atoms with Gasteiger partial charge < -0.3 is 10.2 Å². The fourth-order valence-electron chi connectivity index (χ4n) is 3.72. The first-order valence-electron chi connectivity index (χ1n) is 6.40. The van der Waals surface area contributed by atoms with E-state index in [1.165, 1.54) is 0 Å². The van der Waals surface area contributed by atoms with Crippen LogP contribution in [0.15, 0.2) is 0 Å². The molecule has 0 radical (unpaired) electrons. The zero-order chi connectivity index (χ0) is 11.3. The van der Waals surface area contributed by atoms with Gasteiger partial charge in [-0.1, -0.05) is 0 Å². The molecule has 3 rings (SSSR count). The second-order valence-corrected chi connectivity index (χ2v) is 5.58. The van der Waals surface area contributed by atoms with E-state index in [9.17, 15) is 4.79 Å². The van der Waals surface area contributed by atoms with Gasteiger partial charge in [-0.25, -0.2) is 0 Å². The van der Waals surface area contributed by atoms with Gasteiger partial charge in [-0.2, -0.15) is 0 Å². The molecule has 1 N–H and O–H groups in total. The first-order valence-corrected chi connectivity index (χ1v) is 6.40. The first kappa shape index (κ1) is 10.5. The van der Waals surface area contributed by atoms with Gasteiger partial charge in [0.25, 0.3) is 0 Å². The van der Waals surface area contributed by atoms with Gasteiger partial charge in [0.15, 0.2) is 0 Å². The summed E-state index contributed by atoms with van der Waals surface area (Å²) in [7, 11) is 1.92. The quantitative estimate of drug-likeness (QED) is 0.666. The van der Waals surface area contributed by atoms with Crippen LogP contribution >= 0.6 is 0 Å². The molecule has 0 aromatic carbocycles. The average molecular weight is 223 g/mol. The van der Waals surface area contributed by atoms with Crippen LogP contribution in [0.4, 0.5) is 0 Å². The van der Waals surface area contributed by atoms with Crippen molar-refractivity contribution >= 4 is 5.91 Å². The number of likely N-dealkylation sites (tertiary alicyclic amines) is 2. The van der Waals surface area contributed by atoms with Crippen LogP contribution in [0.2, 0.25) is 0 Å². The third-order valence-electron chi connectivity index (χ3n) is 4.78. The Morgan fingerprint density at radius 3 is 2.81 bits per heavy atom. The van der Waals surface area contributed by atoms with E-state index in [4.69, 9.17) is 0 Å². The highest BCUT2D eigenvalue weighted by Crippen LogP contribution is 2.35. The summed E-state index contributed by atoms with van der Waals surface area (Å²) in [5, 5.41) is 3.46. The molecule has 0 aliphatic carbocycles. The summed E-state index contributed by atoms with van der Waals surface area (Å²) in [6.45, 7) is 6.62. The van der Waals surface area contributed by atoms with E-state index in [1.54, 1.807) is 0 Å². The van der Waals surface area contributed by atoms with Crippen molar-refractivity contribution in [1.29, 1.82) is 0 Å². The maximum Gasteiger partial charge on any atom is 0.239 e. The van der Waals surface area contributed by atoms with Crippen molar-refractivity contribution in [3.05, 3.63) is 0 Å². The Balaban J connectivity index is 1.75. The van der Waals surface area contributed by atoms with Crippen molar-refractivity contribution in [2.45, 2.75) is 25.4 Å². The Bertz CT molecular complexity index is 307. The van der Waals surface area contributed by atoms with Crippen molar-refractivity contribution in [2.24, 2.45) is 11.8 Å². The number of rotatable bonds is 1. The molecule has 3 aliphatic rings. The molecule has 90 valence electrons. The number of carbonyl (C=O) groups excluding carboxylic acids is 1. The van der Waals surface area contributed by atoms with Crippen LogP contribution in [0, 0.1) is 11.8 Å². The predicted octanol–water partition coefficient (Wildman–Crippen LogP) is -0.243. The summed E-state index contributed by atoms with van der Waals surface area (Å²) >= 11 is 0. The van der Waals surface area contributed by atoms with E-state index in [0.29, 0.717) is 11.9 Å². The fraction of sp³-hybridized carbons (Fsp3) is 0.917. The summed E-state index contributed by atoms with van der Waals surface area (Å²) in [6, 6.07) is 0.742. The van der Waals surface area contributed by atoms with Crippen LogP contribution in [0.25, 0.3) is 0 Å². The first-order chi connectivity index (χ1) is 7.68. The van der Waals surface area contributed by atoms with E-state index < -0.39 is 0 Å². The molecule has 3 saturated heterocycles. The highest BCUT2D eigenvalue weighted by molar-refractivity contribution is 5.83. The Kier molecular flexibility index (Phi) is 2.44. The normalized spacial score (nSPS) is 44.4. The summed E-state index contributed by atoms with van der Waals surface area (Å²) in [6.07, 6.45) is 1.02. The van der Waals surface area contributed by atoms with Crippen molar-refractivity contribution in [2.75, 3.05) is 33.2 Å². The lowest BCUT2D eigenvalue weighted by Crippen LogP contribution is -2.45. The molecule has 1 amide bonds. The smallest absolute Gasteiger partial charge is 0.239 e. The number of hydrogen-bond acceptors (Lipinski definition) is 3. The maximum atomic E-state index is 12.0. The standard InChI is InChI=1S/C12H21N3O/c1-8-10-6-13-5-9(10)7-15(8)11-3-4-14(2)12(11)16/h8-11,13H,3-7H2,1-2H3. The van der Waals surface area contributed by atoms with E-state index in [1.807, 2.05) is 11.9 Å². The van der Waals surface area contributed by atoms with Gasteiger partial charge in [-0.3, -0.25) is 9.69 Å². The largest absolute Gasteiger partial charge is 0.344 e. The van der Waals surface area contributed by atoms with E-state index in [-0.39, 0.29) is 6.04 Å². The number of amides is 1. The molecule has 4 heteroatoms. The molecule has 0 aromatic rings. The highest BCUT2D eigenvalue weighted by Gasteiger charge is 2.47. The van der Waals surface area contributed by atoms with Gasteiger partial charge in [-0.15, -0.1) is 0 Å². The van der Waals surface area contributed by atoms with Crippen LogP contribution in [0.1, 0.15) is 13.3 Å². The molecule has 4 unspecified atom stereocenters. The Labute approximate surface area is 97.0 Å². The van der Waals surface area contributed by atoms with Crippen LogP contribution in [-0.2, 0) is 4.79 Å². The van der Waals surface area contributed by atoms with Crippen molar-refractivity contribution in [3.8, 4) is 0 Å². The fourth-order valence-corrected chi connectivity index (χ4v) is 3.72. The molecule has 3 aliphatic heterocycles. The molecule has 16 heavy (non-hydrogen) atoms. The number of nitrogens with zero attached hydrogens (tertiary/aromatic N) is 2. The summed E-state index contributed by atoms with van der Waals surface area (Å²) in [4.78, 5) is 16.4. The molecule has 4 nitrogen and oxygen atoms in total. The van der Waals surface area contributed by atoms with Gasteiger partial charge in [0.2, 0.25) is 5.91 Å². The lowest BCUT2D eigenvalue weighted by molar-refractivity contribution is -0.131. The minimum Gasteiger partial charge on any atom is -0.344 e. The lowest BCUT2D eigenvalue weighted by atomic mass is 9.95. The molecule has 4 atom stereocenters. The zero-order valence-electron chi connectivity index (χ0n) is 10.1. The number of hydrogen-bond donors (Lipinski definition) is 1. The Hall–Kier alpha value is -0.610. The molecule has 0 bridgehead atoms. The van der Waals surface area contributed by atoms with Crippen LogP contribution in [-0.4, -0.2) is 61.0 Å². The summed E-state index contributed by atoms with van der Waals surface area (Å²) in [5.41, 5.74) is 0. The second-order valence-electron chi connectivity index (χ2n) is 5.58. The molecule has 0 saturated carbocycles. The van der Waals surface area contributed by atoms with Crippen LogP contribution in [0.5, 0.6) is 0 Å². The molecule has 0 aromatic heterocycles. The van der Waals surface area contributed by atoms with E-state index in [0.717, 1.165) is 44.4 Å². The van der Waals surface area contributed by atoms with Gasteiger partial charge in [0.05, 0.1) is 6.04 Å². The monoisotopic (exact) mass is 223 g/mol. The highest BCUT2D eigenvalue weighted by atomic mass is 16.2. The van der Waals surface area contributed by atoms with Crippen molar-refractivity contribution in [1.82, 2.24) is 15.1 Å². The zero-order valence-corrected chi connectivity index (χ0v) is 10.1. The maximum absolute atomic E-state index is 12.0. The molecule has 0 spiro atoms. The Morgan fingerprint density at radius 1 is 1.38 bits per heavy atom. The van der Waals surface area contributed by atoms with Gasteiger partial charge >= 0.3 is 0 Å². The predicted molar refractivity (Wildman–Crippen MR) is 62.1 cm³/mol. The van der Waals surface area contributed by atoms with Gasteiger partial charge in [-0.05, 0) is 38.3 Å². The average Bonchev–Trinajstić information content (AvgIpc) is 2.90. The Morgan fingerprint density at radius 2 is 2.19 bits per heavy atom. The van der Waals surface area contributed by atoms with E-state index >= 15 is 0 Å². The lowest BCUT2D eigenvalue weighted by Gasteiger charge is -2.29. The van der Waals surface area contributed by atoms with E-state index in [2.05, 4.69) is 17.1 Å². The van der Waals surface area contributed by atoms with Crippen molar-refractivity contribution in [3.63, 3.8) is 0 Å². The number of fused-ring (bicyclic) bond motifs is 1. The van der Waals surface area contributed by atoms with Gasteiger partial charge in [0.1, 0.15) is 0 Å². The van der Waals surface area contributed by atoms with Crippen LogP contribution in [0.3, 0.4) is 0 Å². The summed E-state index contributed by atoms with van der Waals surface area (Å²) in [5.74, 6) is 1.87. The molecule has 3 heterocycles. The minimum absolute atomic E-state index is 0.172. The van der Waals surface area contributed by atoms with Gasteiger partial charge in [0, 0.05) is 26.2 Å². The molecular weight excluding hydrogens is 202 g/mol. The third-order valence-corrected chi connectivity index (χ3v) is 4.78. The number of likely N-dealkylation sites (N-methyl/N-ethyl adjacent to an activating group) is 1. The topological polar surface area (TPSA) is 35.6 Å². The summed E-state index contributed by atoms with van der Waals surface area (Å²) < 4.78 is 0. The minimum atomic E-state index is 0.172.